The van der Waals surface area contributed by atoms with E-state index in [1.54, 1.807) is 25.1 Å². The SMILES string of the molecule is CCCCCC1CCC(C2CCC(CCc3cc4c(c(F)c3F)-c3c-4ccc(OCC)c3F)CC2)CC1. The minimum absolute atomic E-state index is 0.0656. The molecule has 0 heterocycles. The van der Waals surface area contributed by atoms with E-state index in [-0.39, 0.29) is 16.9 Å². The predicted molar refractivity (Wildman–Crippen MR) is 145 cm³/mol. The average molecular weight is 513 g/mol. The number of ether oxygens (including phenoxy) is 1. The molecule has 0 amide bonds. The second-order valence-electron chi connectivity index (χ2n) is 11.9. The van der Waals surface area contributed by atoms with Gasteiger partial charge in [-0.3, -0.25) is 0 Å². The molecule has 0 N–H and O–H groups in total. The smallest absolute Gasteiger partial charge is 0.173 e. The highest BCUT2D eigenvalue weighted by molar-refractivity contribution is 6.03. The molecule has 0 atom stereocenters. The van der Waals surface area contributed by atoms with Gasteiger partial charge in [-0.25, -0.2) is 13.2 Å². The van der Waals surface area contributed by atoms with E-state index in [4.69, 9.17) is 4.74 Å². The quantitative estimate of drug-likeness (QED) is 0.246. The molecule has 0 aliphatic heterocycles. The fourth-order valence-corrected chi connectivity index (χ4v) is 7.49. The Morgan fingerprint density at radius 2 is 1.32 bits per heavy atom. The Bertz CT molecular complexity index is 1080. The molecule has 2 aromatic rings. The van der Waals surface area contributed by atoms with E-state index >= 15 is 8.78 Å². The number of hydrogen-bond acceptors (Lipinski definition) is 1. The molecular formula is C33H43F3O. The second-order valence-corrected chi connectivity index (χ2v) is 11.9. The molecule has 2 fully saturated rings. The van der Waals surface area contributed by atoms with Crippen molar-refractivity contribution < 1.29 is 17.9 Å². The van der Waals surface area contributed by atoms with Crippen molar-refractivity contribution in [1.29, 1.82) is 0 Å². The van der Waals surface area contributed by atoms with Crippen molar-refractivity contribution in [3.05, 3.63) is 41.2 Å². The van der Waals surface area contributed by atoms with Gasteiger partial charge in [0.2, 0.25) is 0 Å². The average Bonchev–Trinajstić information content (AvgIpc) is 2.91. The lowest BCUT2D eigenvalue weighted by molar-refractivity contribution is 0.140. The van der Waals surface area contributed by atoms with Gasteiger partial charge in [0, 0.05) is 11.1 Å². The number of unbranched alkanes of at least 4 members (excludes halogenated alkanes) is 2. The van der Waals surface area contributed by atoms with Crippen LogP contribution in [0.5, 0.6) is 5.75 Å². The van der Waals surface area contributed by atoms with Gasteiger partial charge in [0.1, 0.15) is 0 Å². The molecule has 0 aromatic heterocycles. The molecule has 3 aliphatic carbocycles. The zero-order valence-corrected chi connectivity index (χ0v) is 22.7. The van der Waals surface area contributed by atoms with Crippen LogP contribution in [0.25, 0.3) is 22.3 Å². The van der Waals surface area contributed by atoms with Crippen LogP contribution in [0.2, 0.25) is 0 Å². The molecule has 2 saturated carbocycles. The van der Waals surface area contributed by atoms with Gasteiger partial charge in [-0.05, 0) is 104 Å². The third-order valence-electron chi connectivity index (χ3n) is 9.72. The lowest BCUT2D eigenvalue weighted by atomic mass is 9.68. The molecule has 0 spiro atoms. The summed E-state index contributed by atoms with van der Waals surface area (Å²) in [5, 5.41) is 0. The van der Waals surface area contributed by atoms with Crippen LogP contribution in [-0.2, 0) is 6.42 Å². The first-order valence-electron chi connectivity index (χ1n) is 15.0. The van der Waals surface area contributed by atoms with Crippen molar-refractivity contribution in [1.82, 2.24) is 0 Å². The van der Waals surface area contributed by atoms with Crippen LogP contribution in [0.1, 0.15) is 103 Å². The summed E-state index contributed by atoms with van der Waals surface area (Å²) in [5.41, 5.74) is 1.92. The predicted octanol–water partition coefficient (Wildman–Crippen LogP) is 10.3. The molecule has 2 aromatic carbocycles. The number of rotatable bonds is 10. The van der Waals surface area contributed by atoms with Crippen molar-refractivity contribution in [2.24, 2.45) is 23.7 Å². The van der Waals surface area contributed by atoms with Crippen molar-refractivity contribution >= 4 is 0 Å². The zero-order chi connectivity index (χ0) is 25.9. The maximum Gasteiger partial charge on any atom is 0.173 e. The Morgan fingerprint density at radius 1 is 0.703 bits per heavy atom. The number of benzene rings is 2. The minimum Gasteiger partial charge on any atom is -0.491 e. The first kappa shape index (κ1) is 26.6. The zero-order valence-electron chi connectivity index (χ0n) is 22.7. The summed E-state index contributed by atoms with van der Waals surface area (Å²) in [6, 6.07) is 5.09. The maximum absolute atomic E-state index is 15.0. The van der Waals surface area contributed by atoms with Gasteiger partial charge in [-0.15, -0.1) is 0 Å². The van der Waals surface area contributed by atoms with Crippen LogP contribution in [0.4, 0.5) is 13.2 Å². The van der Waals surface area contributed by atoms with E-state index in [0.717, 1.165) is 24.2 Å². The lowest BCUT2D eigenvalue weighted by Crippen LogP contribution is -2.26. The Labute approximate surface area is 221 Å². The molecule has 37 heavy (non-hydrogen) atoms. The normalized spacial score (nSPS) is 24.8. The van der Waals surface area contributed by atoms with Crippen LogP contribution in [-0.4, -0.2) is 6.61 Å². The number of fused-ring (bicyclic) bond motifs is 4. The summed E-state index contributed by atoms with van der Waals surface area (Å²) in [6.07, 6.45) is 17.7. The number of aryl methyl sites for hydroxylation is 1. The van der Waals surface area contributed by atoms with E-state index in [1.165, 1.54) is 77.0 Å². The highest BCUT2D eigenvalue weighted by Gasteiger charge is 2.35. The first-order valence-corrected chi connectivity index (χ1v) is 15.0. The van der Waals surface area contributed by atoms with E-state index < -0.39 is 17.5 Å². The summed E-state index contributed by atoms with van der Waals surface area (Å²) in [4.78, 5) is 0. The molecule has 0 bridgehead atoms. The van der Waals surface area contributed by atoms with Gasteiger partial charge >= 0.3 is 0 Å². The molecule has 0 unspecified atom stereocenters. The molecule has 4 heteroatoms. The van der Waals surface area contributed by atoms with E-state index in [0.29, 0.717) is 35.6 Å². The third kappa shape index (κ3) is 5.45. The maximum atomic E-state index is 15.0. The molecule has 0 radical (unpaired) electrons. The van der Waals surface area contributed by atoms with Crippen LogP contribution in [0.15, 0.2) is 18.2 Å². The Morgan fingerprint density at radius 3 is 1.95 bits per heavy atom. The molecule has 3 aliphatic rings. The van der Waals surface area contributed by atoms with Gasteiger partial charge < -0.3 is 4.74 Å². The number of halogens is 3. The standard InChI is InChI=1S/C33H43F3O/c1-3-5-6-7-21-8-13-23(14-9-21)24-15-10-22(11-16-24)12-17-25-20-27-26-18-19-28(37-4-2)32(35)29(26)30(27)33(36)31(25)34/h18-24H,3-17H2,1-2H3. The summed E-state index contributed by atoms with van der Waals surface area (Å²) in [7, 11) is 0. The number of hydrogen-bond donors (Lipinski definition) is 0. The van der Waals surface area contributed by atoms with Crippen molar-refractivity contribution in [2.75, 3.05) is 6.61 Å². The third-order valence-corrected chi connectivity index (χ3v) is 9.72. The van der Waals surface area contributed by atoms with Gasteiger partial charge in [-0.2, -0.15) is 0 Å². The largest absolute Gasteiger partial charge is 0.491 e. The second kappa shape index (κ2) is 11.8. The van der Waals surface area contributed by atoms with E-state index in [1.807, 2.05) is 0 Å². The van der Waals surface area contributed by atoms with Crippen LogP contribution < -0.4 is 4.74 Å². The Kier molecular flexibility index (Phi) is 8.51. The lowest BCUT2D eigenvalue weighted by Gasteiger charge is -2.38. The van der Waals surface area contributed by atoms with Crippen molar-refractivity contribution in [2.45, 2.75) is 104 Å². The topological polar surface area (TPSA) is 9.23 Å². The summed E-state index contributed by atoms with van der Waals surface area (Å²) >= 11 is 0. The Hall–Kier alpha value is -1.97. The summed E-state index contributed by atoms with van der Waals surface area (Å²) in [6.45, 7) is 4.37. The van der Waals surface area contributed by atoms with Gasteiger partial charge in [0.05, 0.1) is 6.61 Å². The highest BCUT2D eigenvalue weighted by atomic mass is 19.2. The molecule has 1 nitrogen and oxygen atoms in total. The monoisotopic (exact) mass is 512 g/mol. The van der Waals surface area contributed by atoms with Gasteiger partial charge in [0.25, 0.3) is 0 Å². The van der Waals surface area contributed by atoms with Crippen molar-refractivity contribution in [3.63, 3.8) is 0 Å². The first-order chi connectivity index (χ1) is 18.0. The fourth-order valence-electron chi connectivity index (χ4n) is 7.49. The van der Waals surface area contributed by atoms with Crippen LogP contribution in [0, 0.1) is 41.1 Å². The fraction of sp³-hybridized carbons (Fsp3) is 0.636. The Balaban J connectivity index is 1.13. The van der Waals surface area contributed by atoms with Crippen LogP contribution in [0.3, 0.4) is 0 Å². The van der Waals surface area contributed by atoms with Gasteiger partial charge in [-0.1, -0.05) is 58.3 Å². The molecule has 0 saturated heterocycles. The van der Waals surface area contributed by atoms with E-state index in [2.05, 4.69) is 6.92 Å². The minimum atomic E-state index is -0.915. The van der Waals surface area contributed by atoms with E-state index in [9.17, 15) is 4.39 Å². The molecule has 5 rings (SSSR count). The summed E-state index contributed by atoms with van der Waals surface area (Å²) < 4.78 is 50.2. The highest BCUT2D eigenvalue weighted by Crippen LogP contribution is 2.53. The molecular weight excluding hydrogens is 469 g/mol. The van der Waals surface area contributed by atoms with Crippen molar-refractivity contribution in [3.8, 4) is 28.0 Å². The summed E-state index contributed by atoms with van der Waals surface area (Å²) in [5.74, 6) is 1.10. The molecule has 202 valence electrons. The van der Waals surface area contributed by atoms with Gasteiger partial charge in [0.15, 0.2) is 23.2 Å². The van der Waals surface area contributed by atoms with Crippen LogP contribution >= 0.6 is 0 Å².